The summed E-state index contributed by atoms with van der Waals surface area (Å²) in [6.45, 7) is 8.98. The second-order valence-electron chi connectivity index (χ2n) is 13.0. The molecule has 2 atom stereocenters. The van der Waals surface area contributed by atoms with Crippen molar-refractivity contribution >= 4 is 18.0 Å². The van der Waals surface area contributed by atoms with E-state index in [0.717, 1.165) is 35.5 Å². The smallest absolute Gasteiger partial charge is 0.410 e. The van der Waals surface area contributed by atoms with Crippen molar-refractivity contribution in [3.05, 3.63) is 59.2 Å². The lowest BCUT2D eigenvalue weighted by Crippen LogP contribution is -2.66. The van der Waals surface area contributed by atoms with E-state index in [-0.39, 0.29) is 12.5 Å². The van der Waals surface area contributed by atoms with Crippen molar-refractivity contribution < 1.29 is 33.3 Å². The summed E-state index contributed by atoms with van der Waals surface area (Å²) in [6.07, 6.45) is -0.498. The van der Waals surface area contributed by atoms with Crippen molar-refractivity contribution in [2.45, 2.75) is 63.0 Å². The average Bonchev–Trinajstić information content (AvgIpc) is 3.08. The van der Waals surface area contributed by atoms with Crippen LogP contribution in [0.4, 0.5) is 4.79 Å². The Bertz CT molecular complexity index is 1470. The molecule has 0 aliphatic carbocycles. The van der Waals surface area contributed by atoms with Crippen LogP contribution in [0.5, 0.6) is 0 Å². The van der Waals surface area contributed by atoms with Crippen molar-refractivity contribution in [2.24, 2.45) is 0 Å². The molecule has 232 valence electrons. The lowest BCUT2D eigenvalue weighted by molar-refractivity contribution is -0.168. The molecule has 11 heteroatoms. The first-order valence-electron chi connectivity index (χ1n) is 15.1. The second kappa shape index (κ2) is 11.8. The molecule has 0 saturated carbocycles. The number of carbonyl (C=O) groups excluding carboxylic acids is 3. The molecule has 0 radical (unpaired) electrons. The van der Waals surface area contributed by atoms with Crippen LogP contribution in [0.2, 0.25) is 0 Å². The summed E-state index contributed by atoms with van der Waals surface area (Å²) in [5.41, 5.74) is 3.13. The molecule has 2 amide bonds. The number of likely N-dealkylation sites (tertiary alicyclic amines) is 1. The molecule has 2 aromatic carbocycles. The molecule has 0 aromatic heterocycles. The Kier molecular flexibility index (Phi) is 8.09. The van der Waals surface area contributed by atoms with Gasteiger partial charge in [0.25, 0.3) is 5.91 Å². The first-order chi connectivity index (χ1) is 21.0. The van der Waals surface area contributed by atoms with Crippen LogP contribution >= 0.6 is 0 Å². The van der Waals surface area contributed by atoms with E-state index in [1.165, 1.54) is 4.90 Å². The quantitative estimate of drug-likeness (QED) is 0.496. The number of benzene rings is 2. The Hall–Kier alpha value is -3.98. The SMILES string of the molecule is CC(C)(C)OC(=O)N1CCCO[C@H](C(=O)N[C@H](C#N)Cc2ccc(-c3ccc4c(c3)C3(CN(C5COC5)C3)OC4=O)cc2)C1. The second-order valence-corrected chi connectivity index (χ2v) is 13.0. The average molecular weight is 603 g/mol. The van der Waals surface area contributed by atoms with Gasteiger partial charge in [-0.05, 0) is 56.0 Å². The Labute approximate surface area is 257 Å². The fourth-order valence-corrected chi connectivity index (χ4v) is 6.04. The van der Waals surface area contributed by atoms with Gasteiger partial charge >= 0.3 is 12.1 Å². The van der Waals surface area contributed by atoms with E-state index in [0.29, 0.717) is 50.7 Å². The van der Waals surface area contributed by atoms with Crippen molar-refractivity contribution in [1.82, 2.24) is 15.1 Å². The van der Waals surface area contributed by atoms with E-state index in [9.17, 15) is 19.6 Å². The van der Waals surface area contributed by atoms with Gasteiger partial charge in [-0.2, -0.15) is 5.26 Å². The Morgan fingerprint density at radius 3 is 2.52 bits per heavy atom. The predicted octanol–water partition coefficient (Wildman–Crippen LogP) is 3.01. The number of rotatable bonds is 6. The van der Waals surface area contributed by atoms with Crippen LogP contribution in [0.15, 0.2) is 42.5 Å². The number of nitriles is 1. The lowest BCUT2D eigenvalue weighted by atomic mass is 9.82. The zero-order chi connectivity index (χ0) is 31.1. The summed E-state index contributed by atoms with van der Waals surface area (Å²) in [4.78, 5) is 42.0. The number of hydrogen-bond acceptors (Lipinski definition) is 9. The predicted molar refractivity (Wildman–Crippen MR) is 159 cm³/mol. The summed E-state index contributed by atoms with van der Waals surface area (Å²) in [5, 5.41) is 12.6. The number of fused-ring (bicyclic) bond motifs is 2. The van der Waals surface area contributed by atoms with Gasteiger partial charge in [-0.15, -0.1) is 0 Å². The van der Waals surface area contributed by atoms with Crippen molar-refractivity contribution in [3.8, 4) is 17.2 Å². The van der Waals surface area contributed by atoms with Gasteiger partial charge in [0.15, 0.2) is 11.7 Å². The third-order valence-electron chi connectivity index (χ3n) is 8.49. The number of amides is 2. The molecule has 0 bridgehead atoms. The number of carbonyl (C=O) groups is 3. The van der Waals surface area contributed by atoms with Gasteiger partial charge in [-0.25, -0.2) is 9.59 Å². The maximum atomic E-state index is 13.1. The highest BCUT2D eigenvalue weighted by atomic mass is 16.6. The van der Waals surface area contributed by atoms with Gasteiger partial charge in [0, 0.05) is 38.2 Å². The minimum absolute atomic E-state index is 0.0549. The molecular formula is C33H38N4O7. The number of ether oxygens (including phenoxy) is 4. The molecule has 3 fully saturated rings. The Morgan fingerprint density at radius 2 is 1.86 bits per heavy atom. The molecule has 4 aliphatic heterocycles. The first-order valence-corrected chi connectivity index (χ1v) is 15.1. The van der Waals surface area contributed by atoms with E-state index in [1.807, 2.05) is 36.4 Å². The van der Waals surface area contributed by atoms with Gasteiger partial charge in [0.05, 0.1) is 37.4 Å². The molecule has 4 aliphatic rings. The summed E-state index contributed by atoms with van der Waals surface area (Å²) in [7, 11) is 0. The van der Waals surface area contributed by atoms with Crippen molar-refractivity contribution in [1.29, 1.82) is 5.26 Å². The van der Waals surface area contributed by atoms with E-state index in [1.54, 1.807) is 20.8 Å². The fraction of sp³-hybridized carbons (Fsp3) is 0.515. The Morgan fingerprint density at radius 1 is 1.14 bits per heavy atom. The first kappa shape index (κ1) is 30.1. The summed E-state index contributed by atoms with van der Waals surface area (Å²) in [6, 6.07) is 15.4. The van der Waals surface area contributed by atoms with E-state index >= 15 is 0 Å². The molecule has 2 aromatic rings. The third kappa shape index (κ3) is 6.15. The van der Waals surface area contributed by atoms with Gasteiger partial charge in [-0.1, -0.05) is 30.3 Å². The molecule has 3 saturated heterocycles. The van der Waals surface area contributed by atoms with Gasteiger partial charge in [0.1, 0.15) is 11.6 Å². The van der Waals surface area contributed by atoms with E-state index in [2.05, 4.69) is 22.4 Å². The number of hydrogen-bond donors (Lipinski definition) is 1. The van der Waals surface area contributed by atoms with Crippen molar-refractivity contribution in [2.75, 3.05) is 46.0 Å². The monoisotopic (exact) mass is 602 g/mol. The van der Waals surface area contributed by atoms with Crippen LogP contribution in [0.1, 0.15) is 48.7 Å². The maximum absolute atomic E-state index is 13.1. The Balaban J connectivity index is 1.08. The summed E-state index contributed by atoms with van der Waals surface area (Å²) in [5.74, 6) is -0.713. The molecule has 44 heavy (non-hydrogen) atoms. The molecule has 1 N–H and O–H groups in total. The third-order valence-corrected chi connectivity index (χ3v) is 8.49. The highest BCUT2D eigenvalue weighted by molar-refractivity contribution is 5.96. The van der Waals surface area contributed by atoms with E-state index < -0.39 is 35.3 Å². The minimum atomic E-state index is -0.896. The number of nitrogens with one attached hydrogen (secondary N) is 1. The fourth-order valence-electron chi connectivity index (χ4n) is 6.04. The molecule has 11 nitrogen and oxygen atoms in total. The van der Waals surface area contributed by atoms with Crippen LogP contribution in [0, 0.1) is 11.3 Å². The van der Waals surface area contributed by atoms with Crippen LogP contribution < -0.4 is 5.32 Å². The zero-order valence-electron chi connectivity index (χ0n) is 25.3. The van der Waals surface area contributed by atoms with E-state index in [4.69, 9.17) is 18.9 Å². The summed E-state index contributed by atoms with van der Waals surface area (Å²) >= 11 is 0. The number of nitrogens with zero attached hydrogens (tertiary/aromatic N) is 3. The number of esters is 1. The molecule has 0 unspecified atom stereocenters. The van der Waals surface area contributed by atoms with Crippen LogP contribution in [-0.2, 0) is 35.8 Å². The highest BCUT2D eigenvalue weighted by Crippen LogP contribution is 2.46. The van der Waals surface area contributed by atoms with Gasteiger partial charge in [0.2, 0.25) is 0 Å². The standard InChI is InChI=1S/C33H38N4O7/c1-32(2,3)44-31(40)36-11-4-12-42-28(16-36)29(38)35-24(15-34)13-21-5-7-22(8-6-21)23-9-10-26-27(14-23)33(43-30(26)39)19-37(20-33)25-17-41-18-25/h5-10,14,24-25,28H,4,11-13,16-20H2,1-3H3,(H,35,38)/t24-,28-/m0/s1. The topological polar surface area (TPSA) is 130 Å². The zero-order valence-corrected chi connectivity index (χ0v) is 25.3. The van der Waals surface area contributed by atoms with Crippen LogP contribution in [0.25, 0.3) is 11.1 Å². The minimum Gasteiger partial charge on any atom is -0.448 e. The van der Waals surface area contributed by atoms with Crippen LogP contribution in [-0.4, -0.2) is 97.6 Å². The van der Waals surface area contributed by atoms with Gasteiger partial charge in [-0.3, -0.25) is 9.69 Å². The van der Waals surface area contributed by atoms with Crippen molar-refractivity contribution in [3.63, 3.8) is 0 Å². The largest absolute Gasteiger partial charge is 0.448 e. The normalized spacial score (nSPS) is 22.1. The molecule has 1 spiro atoms. The lowest BCUT2D eigenvalue weighted by Gasteiger charge is -2.52. The maximum Gasteiger partial charge on any atom is 0.410 e. The molecule has 6 rings (SSSR count). The summed E-state index contributed by atoms with van der Waals surface area (Å²) < 4.78 is 22.4. The molecular weight excluding hydrogens is 564 g/mol. The van der Waals surface area contributed by atoms with Gasteiger partial charge < -0.3 is 29.2 Å². The van der Waals surface area contributed by atoms with Crippen LogP contribution in [0.3, 0.4) is 0 Å². The highest BCUT2D eigenvalue weighted by Gasteiger charge is 2.56. The molecule has 4 heterocycles.